The monoisotopic (exact) mass is 436 g/mol. The van der Waals surface area contributed by atoms with Crippen LogP contribution in [-0.2, 0) is 4.74 Å². The zero-order chi connectivity index (χ0) is 20.7. The first-order valence-corrected chi connectivity index (χ1v) is 11.3. The minimum absolute atomic E-state index is 0.0259. The molecule has 1 aromatic heterocycles. The van der Waals surface area contributed by atoms with Crippen LogP contribution in [0.1, 0.15) is 28.8 Å². The van der Waals surface area contributed by atoms with Gasteiger partial charge in [-0.2, -0.15) is 0 Å². The summed E-state index contributed by atoms with van der Waals surface area (Å²) in [6.07, 6.45) is 2.00. The third-order valence-corrected chi connectivity index (χ3v) is 7.11. The van der Waals surface area contributed by atoms with Crippen LogP contribution in [0.5, 0.6) is 0 Å². The number of aromatic nitrogens is 1. The van der Waals surface area contributed by atoms with Gasteiger partial charge in [0, 0.05) is 12.2 Å². The largest absolute Gasteiger partial charge is 0.376 e. The number of carbonyl (C=O) groups is 1. The maximum atomic E-state index is 13.6. The molecule has 0 bridgehead atoms. The van der Waals surface area contributed by atoms with Crippen molar-refractivity contribution in [2.75, 3.05) is 18.1 Å². The Kier molecular flexibility index (Phi) is 5.19. The first kappa shape index (κ1) is 19.5. The number of aryl methyl sites for hydroxylation is 1. The fraction of sp³-hybridized carbons (Fsp3) is 0.250. The Morgan fingerprint density at radius 1 is 1.20 bits per heavy atom. The van der Waals surface area contributed by atoms with Crippen molar-refractivity contribution in [3.05, 3.63) is 70.7 Å². The molecule has 5 rings (SSSR count). The minimum Gasteiger partial charge on any atom is -0.376 e. The highest BCUT2D eigenvalue weighted by Crippen LogP contribution is 2.36. The Hall–Kier alpha value is -2.47. The number of ether oxygens (including phenoxy) is 1. The molecule has 1 atom stereocenters. The predicted octanol–water partition coefficient (Wildman–Crippen LogP) is 6.24. The summed E-state index contributed by atoms with van der Waals surface area (Å²) < 4.78 is 6.75. The highest BCUT2D eigenvalue weighted by atomic mass is 35.5. The lowest BCUT2D eigenvalue weighted by Gasteiger charge is -2.23. The number of anilines is 1. The molecule has 0 spiro atoms. The molecule has 1 unspecified atom stereocenters. The molecule has 1 aliphatic heterocycles. The normalized spacial score (nSPS) is 16.4. The summed E-state index contributed by atoms with van der Waals surface area (Å²) in [7, 11) is 0. The Balaban J connectivity index is 1.58. The zero-order valence-corrected chi connectivity index (χ0v) is 18.2. The van der Waals surface area contributed by atoms with Gasteiger partial charge in [0.15, 0.2) is 5.13 Å². The summed E-state index contributed by atoms with van der Waals surface area (Å²) >= 11 is 7.88. The van der Waals surface area contributed by atoms with E-state index in [1.807, 2.05) is 61.5 Å². The van der Waals surface area contributed by atoms with Crippen LogP contribution in [0.15, 0.2) is 54.6 Å². The zero-order valence-electron chi connectivity index (χ0n) is 16.6. The number of rotatable bonds is 4. The van der Waals surface area contributed by atoms with Crippen LogP contribution in [0.3, 0.4) is 0 Å². The molecule has 152 valence electrons. The summed E-state index contributed by atoms with van der Waals surface area (Å²) in [4.78, 5) is 20.2. The molecular formula is C24H21ClN2O2S. The third-order valence-electron chi connectivity index (χ3n) is 5.57. The third kappa shape index (κ3) is 3.58. The van der Waals surface area contributed by atoms with Crippen molar-refractivity contribution in [1.82, 2.24) is 4.98 Å². The number of hydrogen-bond acceptors (Lipinski definition) is 4. The second-order valence-corrected chi connectivity index (χ2v) is 9.04. The second kappa shape index (κ2) is 7.99. The summed E-state index contributed by atoms with van der Waals surface area (Å²) in [5.74, 6) is -0.0657. The number of nitrogens with zero attached hydrogens (tertiary/aromatic N) is 2. The van der Waals surface area contributed by atoms with Crippen molar-refractivity contribution in [2.24, 2.45) is 0 Å². The highest BCUT2D eigenvalue weighted by Gasteiger charge is 2.27. The summed E-state index contributed by atoms with van der Waals surface area (Å²) in [5.41, 5.74) is 2.55. The Morgan fingerprint density at radius 3 is 2.80 bits per heavy atom. The molecule has 0 radical (unpaired) electrons. The second-order valence-electron chi connectivity index (χ2n) is 7.65. The standard InChI is InChI=1S/C24H21ClN2O2S/c1-15-8-11-20(25)22-21(15)26-24(30-22)27(14-19-7-4-12-29-19)23(28)18-10-9-16-5-2-3-6-17(16)13-18/h2-3,5-6,8-11,13,19H,4,7,12,14H2,1H3. The van der Waals surface area contributed by atoms with Crippen molar-refractivity contribution in [2.45, 2.75) is 25.9 Å². The first-order valence-electron chi connectivity index (χ1n) is 10.1. The van der Waals surface area contributed by atoms with Gasteiger partial charge in [0.05, 0.1) is 27.9 Å². The van der Waals surface area contributed by atoms with E-state index in [0.717, 1.165) is 46.0 Å². The number of benzene rings is 3. The Labute approximate surface area is 184 Å². The fourth-order valence-corrected chi connectivity index (χ4v) is 5.25. The van der Waals surface area contributed by atoms with Crippen molar-refractivity contribution in [3.63, 3.8) is 0 Å². The van der Waals surface area contributed by atoms with Gasteiger partial charge in [0.25, 0.3) is 5.91 Å². The Bertz CT molecular complexity index is 1210. The van der Waals surface area contributed by atoms with Crippen LogP contribution in [0.25, 0.3) is 21.0 Å². The number of amides is 1. The smallest absolute Gasteiger partial charge is 0.260 e. The fourth-order valence-electron chi connectivity index (χ4n) is 3.92. The minimum atomic E-state index is -0.0657. The molecule has 0 saturated carbocycles. The van der Waals surface area contributed by atoms with Gasteiger partial charge in [-0.15, -0.1) is 0 Å². The maximum Gasteiger partial charge on any atom is 0.260 e. The molecule has 2 heterocycles. The molecule has 1 saturated heterocycles. The molecule has 30 heavy (non-hydrogen) atoms. The summed E-state index contributed by atoms with van der Waals surface area (Å²) in [5, 5.41) is 3.48. The quantitative estimate of drug-likeness (QED) is 0.380. The van der Waals surface area contributed by atoms with E-state index in [1.165, 1.54) is 11.3 Å². The van der Waals surface area contributed by atoms with E-state index in [1.54, 1.807) is 4.90 Å². The number of fused-ring (bicyclic) bond motifs is 2. The van der Waals surface area contributed by atoms with Crippen LogP contribution in [0.4, 0.5) is 5.13 Å². The SMILES string of the molecule is Cc1ccc(Cl)c2sc(N(CC3CCCO3)C(=O)c3ccc4ccccc4c3)nc12. The Morgan fingerprint density at radius 2 is 2.03 bits per heavy atom. The summed E-state index contributed by atoms with van der Waals surface area (Å²) in [6.45, 7) is 3.24. The molecule has 6 heteroatoms. The molecule has 1 aliphatic rings. The van der Waals surface area contributed by atoms with Crippen LogP contribution in [-0.4, -0.2) is 30.1 Å². The maximum absolute atomic E-state index is 13.6. The van der Waals surface area contributed by atoms with E-state index in [-0.39, 0.29) is 12.0 Å². The van der Waals surface area contributed by atoms with E-state index in [2.05, 4.69) is 0 Å². The molecule has 0 N–H and O–H groups in total. The lowest BCUT2D eigenvalue weighted by Crippen LogP contribution is -2.37. The number of halogens is 1. The molecule has 4 aromatic rings. The van der Waals surface area contributed by atoms with Crippen molar-refractivity contribution < 1.29 is 9.53 Å². The van der Waals surface area contributed by atoms with E-state index in [9.17, 15) is 4.79 Å². The van der Waals surface area contributed by atoms with Gasteiger partial charge in [0.2, 0.25) is 0 Å². The molecular weight excluding hydrogens is 416 g/mol. The van der Waals surface area contributed by atoms with E-state index < -0.39 is 0 Å². The van der Waals surface area contributed by atoms with Gasteiger partial charge >= 0.3 is 0 Å². The lowest BCUT2D eigenvalue weighted by molar-refractivity contribution is 0.0917. The lowest BCUT2D eigenvalue weighted by atomic mass is 10.1. The van der Waals surface area contributed by atoms with Crippen LogP contribution in [0, 0.1) is 6.92 Å². The number of carbonyl (C=O) groups excluding carboxylic acids is 1. The van der Waals surface area contributed by atoms with E-state index in [4.69, 9.17) is 21.3 Å². The van der Waals surface area contributed by atoms with Crippen LogP contribution in [0.2, 0.25) is 5.02 Å². The van der Waals surface area contributed by atoms with Gasteiger partial charge in [-0.25, -0.2) is 4.98 Å². The predicted molar refractivity (Wildman–Crippen MR) is 124 cm³/mol. The van der Waals surface area contributed by atoms with Crippen LogP contribution < -0.4 is 4.90 Å². The van der Waals surface area contributed by atoms with Crippen molar-refractivity contribution in [3.8, 4) is 0 Å². The van der Waals surface area contributed by atoms with Gasteiger partial charge in [-0.1, -0.05) is 59.3 Å². The first-order chi connectivity index (χ1) is 14.6. The average Bonchev–Trinajstić information content (AvgIpc) is 3.44. The number of hydrogen-bond donors (Lipinski definition) is 0. The highest BCUT2D eigenvalue weighted by molar-refractivity contribution is 7.23. The molecule has 4 nitrogen and oxygen atoms in total. The van der Waals surface area contributed by atoms with Crippen molar-refractivity contribution in [1.29, 1.82) is 0 Å². The number of thiazole rings is 1. The topological polar surface area (TPSA) is 42.4 Å². The van der Waals surface area contributed by atoms with Crippen molar-refractivity contribution >= 4 is 55.0 Å². The summed E-state index contributed by atoms with van der Waals surface area (Å²) in [6, 6.07) is 17.7. The molecule has 3 aromatic carbocycles. The van der Waals surface area contributed by atoms with Gasteiger partial charge in [-0.3, -0.25) is 9.69 Å². The molecule has 1 fully saturated rings. The average molecular weight is 437 g/mol. The van der Waals surface area contributed by atoms with Crippen LogP contribution >= 0.6 is 22.9 Å². The van der Waals surface area contributed by atoms with Gasteiger partial charge < -0.3 is 4.74 Å². The van der Waals surface area contributed by atoms with E-state index in [0.29, 0.717) is 22.3 Å². The molecule has 0 aliphatic carbocycles. The molecule has 1 amide bonds. The van der Waals surface area contributed by atoms with E-state index >= 15 is 0 Å². The van der Waals surface area contributed by atoms with Gasteiger partial charge in [-0.05, 0) is 54.3 Å². The van der Waals surface area contributed by atoms with Gasteiger partial charge in [0.1, 0.15) is 0 Å².